The van der Waals surface area contributed by atoms with Gasteiger partial charge in [0.1, 0.15) is 0 Å². The first kappa shape index (κ1) is 14.0. The lowest BCUT2D eigenvalue weighted by molar-refractivity contribution is -0.120. The number of rotatable bonds is 6. The highest BCUT2D eigenvalue weighted by Crippen LogP contribution is 2.06. The van der Waals surface area contributed by atoms with Crippen LogP contribution in [-0.2, 0) is 16.0 Å². The van der Waals surface area contributed by atoms with E-state index in [9.17, 15) is 9.59 Å². The maximum atomic E-state index is 11.9. The summed E-state index contributed by atoms with van der Waals surface area (Å²) in [6.07, 6.45) is 1.59. The topological polar surface area (TPSA) is 55.4 Å². The van der Waals surface area contributed by atoms with Crippen LogP contribution in [-0.4, -0.2) is 25.0 Å². The Balaban J connectivity index is 2.73. The molecule has 0 aliphatic carbocycles. The monoisotopic (exact) mass is 247 g/mol. The molecule has 0 unspecified atom stereocenters. The first-order valence-electron chi connectivity index (χ1n) is 5.69. The molecular formula is C14H17NO3. The maximum Gasteiger partial charge on any atom is 0.407 e. The Morgan fingerprint density at radius 3 is 2.61 bits per heavy atom. The van der Waals surface area contributed by atoms with Crippen molar-refractivity contribution in [3.8, 4) is 0 Å². The van der Waals surface area contributed by atoms with Gasteiger partial charge in [0.25, 0.3) is 0 Å². The molecule has 4 nitrogen and oxygen atoms in total. The number of benzene rings is 1. The van der Waals surface area contributed by atoms with Gasteiger partial charge in [-0.05, 0) is 12.0 Å². The first-order chi connectivity index (χ1) is 8.67. The fourth-order valence-electron chi connectivity index (χ4n) is 1.58. The van der Waals surface area contributed by atoms with Gasteiger partial charge >= 0.3 is 6.09 Å². The lowest BCUT2D eigenvalue weighted by atomic mass is 10.0. The van der Waals surface area contributed by atoms with Gasteiger partial charge in [-0.15, -0.1) is 6.58 Å². The number of amides is 1. The molecule has 0 saturated heterocycles. The summed E-state index contributed by atoms with van der Waals surface area (Å²) in [6.45, 7) is 3.52. The van der Waals surface area contributed by atoms with E-state index >= 15 is 0 Å². The molecule has 1 aromatic carbocycles. The first-order valence-corrected chi connectivity index (χ1v) is 5.69. The molecule has 0 saturated carbocycles. The Morgan fingerprint density at radius 1 is 1.39 bits per heavy atom. The summed E-state index contributed by atoms with van der Waals surface area (Å²) < 4.78 is 4.52. The van der Waals surface area contributed by atoms with Gasteiger partial charge in [-0.1, -0.05) is 36.4 Å². The maximum absolute atomic E-state index is 11.9. The van der Waals surface area contributed by atoms with Crippen molar-refractivity contribution in [1.82, 2.24) is 5.32 Å². The molecule has 0 aliphatic heterocycles. The third kappa shape index (κ3) is 4.41. The average molecular weight is 247 g/mol. The summed E-state index contributed by atoms with van der Waals surface area (Å²) in [4.78, 5) is 23.1. The van der Waals surface area contributed by atoms with Gasteiger partial charge in [-0.3, -0.25) is 4.79 Å². The van der Waals surface area contributed by atoms with Crippen LogP contribution in [0.25, 0.3) is 0 Å². The highest BCUT2D eigenvalue weighted by Gasteiger charge is 2.20. The van der Waals surface area contributed by atoms with Crippen molar-refractivity contribution < 1.29 is 14.3 Å². The Bertz CT molecular complexity index is 414. The van der Waals surface area contributed by atoms with Crippen LogP contribution in [0.4, 0.5) is 4.79 Å². The molecule has 1 N–H and O–H groups in total. The van der Waals surface area contributed by atoms with Gasteiger partial charge < -0.3 is 10.1 Å². The van der Waals surface area contributed by atoms with E-state index in [1.807, 2.05) is 30.3 Å². The molecule has 1 amide bonds. The molecule has 0 spiro atoms. The number of carbonyl (C=O) groups excluding carboxylic acids is 2. The molecule has 96 valence electrons. The molecular weight excluding hydrogens is 230 g/mol. The second kappa shape index (κ2) is 7.27. The number of hydrogen-bond acceptors (Lipinski definition) is 3. The van der Waals surface area contributed by atoms with Crippen molar-refractivity contribution in [2.75, 3.05) is 7.11 Å². The standard InChI is InChI=1S/C14H17NO3/c1-3-7-13(16)12(15-14(17)18-2)10-11-8-5-4-6-9-11/h3-6,8-9,12H,1,7,10H2,2H3,(H,15,17)/t12-/m1/s1. The number of ketones is 1. The van der Waals surface area contributed by atoms with Crippen LogP contribution in [0.5, 0.6) is 0 Å². The normalized spacial score (nSPS) is 11.4. The van der Waals surface area contributed by atoms with Crippen molar-refractivity contribution >= 4 is 11.9 Å². The zero-order valence-electron chi connectivity index (χ0n) is 10.4. The van der Waals surface area contributed by atoms with Crippen LogP contribution < -0.4 is 5.32 Å². The lowest BCUT2D eigenvalue weighted by Crippen LogP contribution is -2.42. The van der Waals surface area contributed by atoms with Crippen LogP contribution in [0.1, 0.15) is 12.0 Å². The predicted molar refractivity (Wildman–Crippen MR) is 69.3 cm³/mol. The van der Waals surface area contributed by atoms with Crippen LogP contribution in [0.15, 0.2) is 43.0 Å². The molecule has 1 aromatic rings. The molecule has 0 bridgehead atoms. The van der Waals surface area contributed by atoms with Crippen molar-refractivity contribution in [2.24, 2.45) is 0 Å². The summed E-state index contributed by atoms with van der Waals surface area (Å²) in [7, 11) is 1.27. The number of alkyl carbamates (subject to hydrolysis) is 1. The number of Topliss-reactive ketones (excluding diaryl/α,β-unsaturated/α-hetero) is 1. The average Bonchev–Trinajstić information content (AvgIpc) is 2.39. The SMILES string of the molecule is C=CCC(=O)[C@@H](Cc1ccccc1)NC(=O)OC. The highest BCUT2D eigenvalue weighted by molar-refractivity contribution is 5.88. The van der Waals surface area contributed by atoms with E-state index in [1.54, 1.807) is 0 Å². The number of nitrogens with one attached hydrogen (secondary N) is 1. The van der Waals surface area contributed by atoms with Crippen LogP contribution in [0, 0.1) is 0 Å². The van der Waals surface area contributed by atoms with E-state index in [0.29, 0.717) is 6.42 Å². The largest absolute Gasteiger partial charge is 0.453 e. The van der Waals surface area contributed by atoms with Gasteiger partial charge in [0, 0.05) is 6.42 Å². The number of hydrogen-bond donors (Lipinski definition) is 1. The highest BCUT2D eigenvalue weighted by atomic mass is 16.5. The van der Waals surface area contributed by atoms with Gasteiger partial charge in [0.15, 0.2) is 5.78 Å². The zero-order valence-corrected chi connectivity index (χ0v) is 10.4. The third-order valence-corrected chi connectivity index (χ3v) is 2.49. The van der Waals surface area contributed by atoms with Crippen LogP contribution >= 0.6 is 0 Å². The summed E-state index contributed by atoms with van der Waals surface area (Å²) in [6, 6.07) is 8.92. The fourth-order valence-corrected chi connectivity index (χ4v) is 1.58. The van der Waals surface area contributed by atoms with Crippen molar-refractivity contribution in [3.63, 3.8) is 0 Å². The molecule has 18 heavy (non-hydrogen) atoms. The number of methoxy groups -OCH3 is 1. The molecule has 0 aromatic heterocycles. The van der Waals surface area contributed by atoms with Crippen molar-refractivity contribution in [1.29, 1.82) is 0 Å². The van der Waals surface area contributed by atoms with Crippen LogP contribution in [0.3, 0.4) is 0 Å². The van der Waals surface area contributed by atoms with E-state index in [2.05, 4.69) is 16.6 Å². The van der Waals surface area contributed by atoms with Crippen molar-refractivity contribution in [2.45, 2.75) is 18.9 Å². The summed E-state index contributed by atoms with van der Waals surface area (Å²) >= 11 is 0. The Kier molecular flexibility index (Phi) is 5.64. The molecule has 0 heterocycles. The van der Waals surface area contributed by atoms with E-state index < -0.39 is 12.1 Å². The summed E-state index contributed by atoms with van der Waals surface area (Å²) in [5.74, 6) is -0.0840. The minimum atomic E-state index is -0.603. The number of ether oxygens (including phenoxy) is 1. The lowest BCUT2D eigenvalue weighted by Gasteiger charge is -2.16. The second-order valence-electron chi connectivity index (χ2n) is 3.84. The van der Waals surface area contributed by atoms with Gasteiger partial charge in [0.2, 0.25) is 0 Å². The number of carbonyl (C=O) groups is 2. The van der Waals surface area contributed by atoms with E-state index in [1.165, 1.54) is 13.2 Å². The Hall–Kier alpha value is -2.10. The van der Waals surface area contributed by atoms with E-state index in [-0.39, 0.29) is 12.2 Å². The van der Waals surface area contributed by atoms with Crippen LogP contribution in [0.2, 0.25) is 0 Å². The Labute approximate surface area is 107 Å². The minimum Gasteiger partial charge on any atom is -0.453 e. The van der Waals surface area contributed by atoms with E-state index in [4.69, 9.17) is 0 Å². The summed E-state index contributed by atoms with van der Waals surface area (Å²) in [5.41, 5.74) is 0.983. The van der Waals surface area contributed by atoms with E-state index in [0.717, 1.165) is 5.56 Å². The van der Waals surface area contributed by atoms with Gasteiger partial charge in [0.05, 0.1) is 13.2 Å². The Morgan fingerprint density at radius 2 is 2.06 bits per heavy atom. The smallest absolute Gasteiger partial charge is 0.407 e. The fraction of sp³-hybridized carbons (Fsp3) is 0.286. The molecule has 0 aliphatic rings. The molecule has 0 fully saturated rings. The minimum absolute atomic E-state index is 0.0840. The second-order valence-corrected chi connectivity index (χ2v) is 3.84. The molecule has 1 rings (SSSR count). The van der Waals surface area contributed by atoms with Gasteiger partial charge in [-0.25, -0.2) is 4.79 Å². The molecule has 0 radical (unpaired) electrons. The van der Waals surface area contributed by atoms with Gasteiger partial charge in [-0.2, -0.15) is 0 Å². The zero-order chi connectivity index (χ0) is 13.4. The molecule has 1 atom stereocenters. The third-order valence-electron chi connectivity index (χ3n) is 2.49. The predicted octanol–water partition coefficient (Wildman–Crippen LogP) is 2.10. The summed E-state index contributed by atoms with van der Waals surface area (Å²) in [5, 5.41) is 2.54. The van der Waals surface area contributed by atoms with Crippen molar-refractivity contribution in [3.05, 3.63) is 48.6 Å². The number of allylic oxidation sites excluding steroid dienone is 1. The quantitative estimate of drug-likeness (QED) is 0.783. The molecule has 4 heteroatoms.